The van der Waals surface area contributed by atoms with E-state index < -0.39 is 10.0 Å². The number of nitrogens with zero attached hydrogens (tertiary/aromatic N) is 1. The smallest absolute Gasteiger partial charge is 0.244 e. The molecule has 0 saturated heterocycles. The minimum Gasteiger partial charge on any atom is -0.328 e. The zero-order chi connectivity index (χ0) is 17.6. The normalized spacial score (nSPS) is 13.1. The molecule has 0 aliphatic heterocycles. The van der Waals surface area contributed by atoms with Crippen LogP contribution in [0.4, 0.5) is 5.69 Å². The summed E-state index contributed by atoms with van der Waals surface area (Å²) in [6.45, 7) is 6.04. The van der Waals surface area contributed by atoms with Crippen LogP contribution in [-0.4, -0.2) is 37.8 Å². The lowest BCUT2D eigenvalue weighted by atomic mass is 10.2. The third-order valence-electron chi connectivity index (χ3n) is 3.36. The Hall–Kier alpha value is -1.15. The van der Waals surface area contributed by atoms with Crippen molar-refractivity contribution >= 4 is 33.2 Å². The van der Waals surface area contributed by atoms with Crippen molar-refractivity contribution in [2.24, 2.45) is 5.73 Å². The second kappa shape index (κ2) is 8.63. The molecule has 1 amide bonds. The zero-order valence-electron chi connectivity index (χ0n) is 13.7. The van der Waals surface area contributed by atoms with Crippen molar-refractivity contribution in [2.75, 3.05) is 18.4 Å². The predicted octanol–water partition coefficient (Wildman–Crippen LogP) is 2.44. The van der Waals surface area contributed by atoms with E-state index in [2.05, 4.69) is 5.32 Å². The summed E-state index contributed by atoms with van der Waals surface area (Å²) in [6, 6.07) is 4.37. The number of nitrogens with two attached hydrogens (primary N) is 1. The molecule has 3 N–H and O–H groups in total. The maximum Gasteiger partial charge on any atom is 0.244 e. The van der Waals surface area contributed by atoms with E-state index in [1.807, 2.05) is 6.92 Å². The molecule has 0 aliphatic rings. The number of carbonyl (C=O) groups is 1. The Labute approximate surface area is 143 Å². The summed E-state index contributed by atoms with van der Waals surface area (Å²) in [5.74, 6) is -0.212. The molecule has 6 nitrogen and oxygen atoms in total. The highest BCUT2D eigenvalue weighted by atomic mass is 35.5. The van der Waals surface area contributed by atoms with Crippen molar-refractivity contribution in [3.05, 3.63) is 23.2 Å². The zero-order valence-corrected chi connectivity index (χ0v) is 15.2. The van der Waals surface area contributed by atoms with Gasteiger partial charge in [-0.3, -0.25) is 4.79 Å². The number of carbonyl (C=O) groups excluding carboxylic acids is 1. The number of amides is 1. The molecule has 8 heteroatoms. The molecule has 0 bridgehead atoms. The van der Waals surface area contributed by atoms with E-state index in [-0.39, 0.29) is 28.3 Å². The highest BCUT2D eigenvalue weighted by Gasteiger charge is 2.24. The van der Waals surface area contributed by atoms with Gasteiger partial charge >= 0.3 is 0 Å². The first-order chi connectivity index (χ1) is 10.7. The molecule has 1 aromatic rings. The Morgan fingerprint density at radius 2 is 1.96 bits per heavy atom. The van der Waals surface area contributed by atoms with Crippen LogP contribution in [0, 0.1) is 0 Å². The molecule has 0 fully saturated rings. The molecule has 0 aliphatic carbocycles. The SMILES string of the molecule is CCN(CC)S(=O)(=O)c1cc(NC(=O)CCC(C)N)ccc1Cl. The van der Waals surface area contributed by atoms with Crippen LogP contribution in [0.3, 0.4) is 0 Å². The second-order valence-corrected chi connectivity index (χ2v) is 7.61. The summed E-state index contributed by atoms with van der Waals surface area (Å²) in [7, 11) is -3.69. The third-order valence-corrected chi connectivity index (χ3v) is 5.90. The standard InChI is InChI=1S/C15H24ClN3O3S/c1-4-19(5-2)23(21,22)14-10-12(7-8-13(14)16)18-15(20)9-6-11(3)17/h7-8,10-11H,4-6,9,17H2,1-3H3,(H,18,20). The molecule has 0 spiro atoms. The maximum atomic E-state index is 12.6. The number of hydrogen-bond acceptors (Lipinski definition) is 4. The molecule has 130 valence electrons. The highest BCUT2D eigenvalue weighted by Crippen LogP contribution is 2.27. The third kappa shape index (κ3) is 5.46. The minimum atomic E-state index is -3.69. The predicted molar refractivity (Wildman–Crippen MR) is 93.1 cm³/mol. The Kier molecular flexibility index (Phi) is 7.47. The summed E-state index contributed by atoms with van der Waals surface area (Å²) in [5.41, 5.74) is 6.01. The van der Waals surface area contributed by atoms with Gasteiger partial charge in [0, 0.05) is 31.2 Å². The molecule has 1 rings (SSSR count). The molecule has 1 aromatic carbocycles. The Balaban J connectivity index is 3.02. The summed E-state index contributed by atoms with van der Waals surface area (Å²) in [4.78, 5) is 11.8. The van der Waals surface area contributed by atoms with Gasteiger partial charge in [0.15, 0.2) is 0 Å². The van der Waals surface area contributed by atoms with Crippen LogP contribution >= 0.6 is 11.6 Å². The van der Waals surface area contributed by atoms with E-state index in [9.17, 15) is 13.2 Å². The fourth-order valence-electron chi connectivity index (χ4n) is 2.06. The highest BCUT2D eigenvalue weighted by molar-refractivity contribution is 7.89. The summed E-state index contributed by atoms with van der Waals surface area (Å²) in [6.07, 6.45) is 0.836. The first-order valence-corrected chi connectivity index (χ1v) is 9.39. The molecule has 0 saturated carbocycles. The van der Waals surface area contributed by atoms with E-state index in [1.54, 1.807) is 19.9 Å². The molecule has 0 aromatic heterocycles. The van der Waals surface area contributed by atoms with Crippen LogP contribution in [0.5, 0.6) is 0 Å². The quantitative estimate of drug-likeness (QED) is 0.743. The number of sulfonamides is 1. The van der Waals surface area contributed by atoms with Crippen LogP contribution in [0.2, 0.25) is 5.02 Å². The Morgan fingerprint density at radius 3 is 2.48 bits per heavy atom. The second-order valence-electron chi connectivity index (χ2n) is 5.30. The first-order valence-electron chi connectivity index (χ1n) is 7.57. The number of benzene rings is 1. The van der Waals surface area contributed by atoms with Crippen molar-refractivity contribution in [2.45, 2.75) is 44.6 Å². The van der Waals surface area contributed by atoms with Gasteiger partial charge < -0.3 is 11.1 Å². The molecule has 1 atom stereocenters. The summed E-state index contributed by atoms with van der Waals surface area (Å²) < 4.78 is 26.5. The van der Waals surface area contributed by atoms with E-state index >= 15 is 0 Å². The van der Waals surface area contributed by atoms with Crippen LogP contribution < -0.4 is 11.1 Å². The van der Waals surface area contributed by atoms with Gasteiger partial charge in [0.05, 0.1) is 5.02 Å². The summed E-state index contributed by atoms with van der Waals surface area (Å²) >= 11 is 6.04. The lowest BCUT2D eigenvalue weighted by Gasteiger charge is -2.19. The number of halogens is 1. The lowest BCUT2D eigenvalue weighted by molar-refractivity contribution is -0.116. The maximum absolute atomic E-state index is 12.6. The van der Waals surface area contributed by atoms with Crippen molar-refractivity contribution in [3.8, 4) is 0 Å². The molecular formula is C15H24ClN3O3S. The Morgan fingerprint density at radius 1 is 1.35 bits per heavy atom. The van der Waals surface area contributed by atoms with E-state index in [0.717, 1.165) is 0 Å². The van der Waals surface area contributed by atoms with E-state index in [0.29, 0.717) is 25.2 Å². The van der Waals surface area contributed by atoms with Crippen LogP contribution in [0.15, 0.2) is 23.1 Å². The van der Waals surface area contributed by atoms with Crippen molar-refractivity contribution in [1.82, 2.24) is 4.31 Å². The van der Waals surface area contributed by atoms with Gasteiger partial charge in [0.25, 0.3) is 0 Å². The number of rotatable bonds is 8. The van der Waals surface area contributed by atoms with Gasteiger partial charge in [-0.1, -0.05) is 25.4 Å². The van der Waals surface area contributed by atoms with Gasteiger partial charge in [0.2, 0.25) is 15.9 Å². The monoisotopic (exact) mass is 361 g/mol. The fraction of sp³-hybridized carbons (Fsp3) is 0.533. The molecule has 0 radical (unpaired) electrons. The molecular weight excluding hydrogens is 338 g/mol. The van der Waals surface area contributed by atoms with Crippen LogP contribution in [0.25, 0.3) is 0 Å². The fourth-order valence-corrected chi connectivity index (χ4v) is 4.02. The van der Waals surface area contributed by atoms with E-state index in [1.165, 1.54) is 16.4 Å². The van der Waals surface area contributed by atoms with Gasteiger partial charge in [-0.25, -0.2) is 8.42 Å². The van der Waals surface area contributed by atoms with Crippen LogP contribution in [-0.2, 0) is 14.8 Å². The average Bonchev–Trinajstić information content (AvgIpc) is 2.48. The van der Waals surface area contributed by atoms with Gasteiger partial charge in [-0.15, -0.1) is 0 Å². The van der Waals surface area contributed by atoms with E-state index in [4.69, 9.17) is 17.3 Å². The lowest BCUT2D eigenvalue weighted by Crippen LogP contribution is -2.30. The molecule has 1 unspecified atom stereocenters. The van der Waals surface area contributed by atoms with Crippen molar-refractivity contribution < 1.29 is 13.2 Å². The molecule has 23 heavy (non-hydrogen) atoms. The minimum absolute atomic E-state index is 0.00661. The van der Waals surface area contributed by atoms with Gasteiger partial charge in [-0.05, 0) is 31.5 Å². The van der Waals surface area contributed by atoms with Crippen molar-refractivity contribution in [1.29, 1.82) is 0 Å². The number of hydrogen-bond donors (Lipinski definition) is 2. The topological polar surface area (TPSA) is 92.5 Å². The summed E-state index contributed by atoms with van der Waals surface area (Å²) in [5, 5.41) is 2.81. The van der Waals surface area contributed by atoms with Gasteiger partial charge in [-0.2, -0.15) is 4.31 Å². The van der Waals surface area contributed by atoms with Crippen molar-refractivity contribution in [3.63, 3.8) is 0 Å². The van der Waals surface area contributed by atoms with Gasteiger partial charge in [0.1, 0.15) is 4.90 Å². The number of nitrogens with one attached hydrogen (secondary N) is 1. The largest absolute Gasteiger partial charge is 0.328 e. The number of anilines is 1. The Bertz CT molecular complexity index is 643. The average molecular weight is 362 g/mol. The molecule has 0 heterocycles. The van der Waals surface area contributed by atoms with Crippen LogP contribution in [0.1, 0.15) is 33.6 Å². The first kappa shape index (κ1) is 19.9.